The Bertz CT molecular complexity index is 920. The molecule has 1 atom stereocenters. The van der Waals surface area contributed by atoms with Crippen molar-refractivity contribution in [2.24, 2.45) is 0 Å². The highest BCUT2D eigenvalue weighted by Gasteiger charge is 2.19. The van der Waals surface area contributed by atoms with Crippen LogP contribution in [0.4, 0.5) is 0 Å². The Balaban J connectivity index is 1.37. The number of carbonyl (C=O) groups is 1. The van der Waals surface area contributed by atoms with E-state index in [1.54, 1.807) is 10.9 Å². The van der Waals surface area contributed by atoms with E-state index in [0.29, 0.717) is 5.56 Å². The van der Waals surface area contributed by atoms with E-state index < -0.39 is 0 Å². The number of aromatic nitrogens is 2. The molecule has 0 spiro atoms. The lowest BCUT2D eigenvalue weighted by Crippen LogP contribution is -2.43. The molecule has 0 bridgehead atoms. The maximum atomic E-state index is 12.7. The molecule has 1 aromatic heterocycles. The molecule has 4 rings (SSSR count). The van der Waals surface area contributed by atoms with Gasteiger partial charge in [0.1, 0.15) is 0 Å². The van der Waals surface area contributed by atoms with Gasteiger partial charge in [0.05, 0.1) is 5.69 Å². The maximum Gasteiger partial charge on any atom is 0.251 e. The molecule has 0 unspecified atom stereocenters. The molecule has 0 fully saturated rings. The Kier molecular flexibility index (Phi) is 5.03. The van der Waals surface area contributed by atoms with Gasteiger partial charge >= 0.3 is 0 Å². The van der Waals surface area contributed by atoms with Crippen molar-refractivity contribution >= 4 is 5.91 Å². The first kappa shape index (κ1) is 17.5. The molecule has 0 saturated carbocycles. The van der Waals surface area contributed by atoms with Crippen LogP contribution in [0.3, 0.4) is 0 Å². The highest BCUT2D eigenvalue weighted by Crippen LogP contribution is 2.18. The maximum absolute atomic E-state index is 12.7. The minimum atomic E-state index is -0.0473. The molecule has 5 nitrogen and oxygen atoms in total. The van der Waals surface area contributed by atoms with Gasteiger partial charge in [-0.15, -0.1) is 0 Å². The molecule has 1 N–H and O–H groups in total. The number of nitrogens with one attached hydrogen (secondary N) is 1. The van der Waals surface area contributed by atoms with Gasteiger partial charge in [0.15, 0.2) is 0 Å². The predicted molar refractivity (Wildman–Crippen MR) is 106 cm³/mol. The number of rotatable bonds is 5. The second-order valence-electron chi connectivity index (χ2n) is 7.13. The number of hydrogen-bond donors (Lipinski definition) is 1. The highest BCUT2D eigenvalue weighted by atomic mass is 16.1. The van der Waals surface area contributed by atoms with Crippen molar-refractivity contribution in [2.45, 2.75) is 25.9 Å². The molecule has 1 aliphatic rings. The summed E-state index contributed by atoms with van der Waals surface area (Å²) in [7, 11) is 0. The molecule has 138 valence electrons. The van der Waals surface area contributed by atoms with Crippen molar-refractivity contribution in [1.29, 1.82) is 0 Å². The third kappa shape index (κ3) is 4.09. The Morgan fingerprint density at radius 1 is 1.15 bits per heavy atom. The first-order chi connectivity index (χ1) is 13.2. The van der Waals surface area contributed by atoms with Gasteiger partial charge in [-0.25, -0.2) is 4.68 Å². The van der Waals surface area contributed by atoms with Crippen molar-refractivity contribution in [3.63, 3.8) is 0 Å². The summed E-state index contributed by atoms with van der Waals surface area (Å²) in [6, 6.07) is 18.1. The third-order valence-corrected chi connectivity index (χ3v) is 5.00. The molecule has 1 aliphatic heterocycles. The molecule has 27 heavy (non-hydrogen) atoms. The molecule has 0 saturated heterocycles. The summed E-state index contributed by atoms with van der Waals surface area (Å²) >= 11 is 0. The zero-order valence-electron chi connectivity index (χ0n) is 15.5. The number of fused-ring (bicyclic) bond motifs is 1. The number of benzene rings is 2. The van der Waals surface area contributed by atoms with E-state index in [-0.39, 0.29) is 11.9 Å². The van der Waals surface area contributed by atoms with E-state index >= 15 is 0 Å². The summed E-state index contributed by atoms with van der Waals surface area (Å²) in [6.07, 6.45) is 4.67. The molecule has 2 heterocycles. The highest BCUT2D eigenvalue weighted by molar-refractivity contribution is 5.94. The summed E-state index contributed by atoms with van der Waals surface area (Å²) in [4.78, 5) is 15.1. The normalized spacial score (nSPS) is 15.1. The van der Waals surface area contributed by atoms with Crippen LogP contribution in [-0.2, 0) is 13.0 Å². The minimum Gasteiger partial charge on any atom is -0.348 e. The zero-order chi connectivity index (χ0) is 18.6. The van der Waals surface area contributed by atoms with Crippen LogP contribution < -0.4 is 5.32 Å². The van der Waals surface area contributed by atoms with Gasteiger partial charge in [-0.2, -0.15) is 5.10 Å². The Labute approximate surface area is 159 Å². The topological polar surface area (TPSA) is 50.2 Å². The number of nitrogens with zero attached hydrogens (tertiary/aromatic N) is 3. The zero-order valence-corrected chi connectivity index (χ0v) is 15.5. The Morgan fingerprint density at radius 3 is 2.81 bits per heavy atom. The van der Waals surface area contributed by atoms with Crippen LogP contribution in [0.25, 0.3) is 5.69 Å². The number of amides is 1. The van der Waals surface area contributed by atoms with Crippen molar-refractivity contribution < 1.29 is 4.79 Å². The SMILES string of the molecule is C[C@@H](CN1CCc2ccccc2C1)NC(=O)c1cccc(-n2cccn2)c1. The van der Waals surface area contributed by atoms with E-state index in [1.807, 2.05) is 36.5 Å². The number of carbonyl (C=O) groups excluding carboxylic acids is 1. The van der Waals surface area contributed by atoms with Gasteiger partial charge in [0.25, 0.3) is 5.91 Å². The van der Waals surface area contributed by atoms with Crippen LogP contribution in [-0.4, -0.2) is 39.7 Å². The summed E-state index contributed by atoms with van der Waals surface area (Å²) < 4.78 is 1.76. The third-order valence-electron chi connectivity index (χ3n) is 5.00. The fourth-order valence-corrected chi connectivity index (χ4v) is 3.66. The molecule has 2 aromatic carbocycles. The Hall–Kier alpha value is -2.92. The Morgan fingerprint density at radius 2 is 2.00 bits per heavy atom. The second-order valence-corrected chi connectivity index (χ2v) is 7.13. The average molecular weight is 360 g/mol. The van der Waals surface area contributed by atoms with E-state index in [4.69, 9.17) is 0 Å². The van der Waals surface area contributed by atoms with Gasteiger partial charge < -0.3 is 5.32 Å². The first-order valence-electron chi connectivity index (χ1n) is 9.39. The van der Waals surface area contributed by atoms with Crippen molar-refractivity contribution in [2.75, 3.05) is 13.1 Å². The summed E-state index contributed by atoms with van der Waals surface area (Å²) in [5.74, 6) is -0.0473. The van der Waals surface area contributed by atoms with Crippen LogP contribution in [0.2, 0.25) is 0 Å². The molecule has 1 amide bonds. The lowest BCUT2D eigenvalue weighted by atomic mass is 9.99. The first-order valence-corrected chi connectivity index (χ1v) is 9.39. The molecular formula is C22H24N4O. The summed E-state index contributed by atoms with van der Waals surface area (Å²) in [5, 5.41) is 7.35. The van der Waals surface area contributed by atoms with E-state index in [2.05, 4.69) is 46.5 Å². The standard InChI is InChI=1S/C22H24N4O/c1-17(15-25-13-10-18-6-2-3-7-20(18)16-25)24-22(27)19-8-4-9-21(14-19)26-12-5-11-23-26/h2-9,11-12,14,17H,10,13,15-16H2,1H3,(H,24,27)/t17-/m0/s1. The molecule has 0 radical (unpaired) electrons. The lowest BCUT2D eigenvalue weighted by Gasteiger charge is -2.31. The van der Waals surface area contributed by atoms with Gasteiger partial charge in [0, 0.05) is 43.6 Å². The number of hydrogen-bond acceptors (Lipinski definition) is 3. The molecular weight excluding hydrogens is 336 g/mol. The van der Waals surface area contributed by atoms with E-state index in [9.17, 15) is 4.79 Å². The van der Waals surface area contributed by atoms with Crippen LogP contribution in [0.15, 0.2) is 67.0 Å². The lowest BCUT2D eigenvalue weighted by molar-refractivity contribution is 0.0927. The quantitative estimate of drug-likeness (QED) is 0.761. The van der Waals surface area contributed by atoms with Gasteiger partial charge in [0.2, 0.25) is 0 Å². The summed E-state index contributed by atoms with van der Waals surface area (Å²) in [5.41, 5.74) is 4.38. The van der Waals surface area contributed by atoms with Gasteiger partial charge in [-0.05, 0) is 48.7 Å². The van der Waals surface area contributed by atoms with Crippen molar-refractivity contribution in [1.82, 2.24) is 20.0 Å². The monoisotopic (exact) mass is 360 g/mol. The van der Waals surface area contributed by atoms with Crippen molar-refractivity contribution in [3.8, 4) is 5.69 Å². The van der Waals surface area contributed by atoms with Gasteiger partial charge in [-0.1, -0.05) is 30.3 Å². The van der Waals surface area contributed by atoms with Crippen LogP contribution >= 0.6 is 0 Å². The fraction of sp³-hybridized carbons (Fsp3) is 0.273. The van der Waals surface area contributed by atoms with Crippen LogP contribution in [0.5, 0.6) is 0 Å². The minimum absolute atomic E-state index is 0.0473. The van der Waals surface area contributed by atoms with E-state index in [1.165, 1.54) is 11.1 Å². The molecule has 3 aromatic rings. The predicted octanol–water partition coefficient (Wildman–Crippen LogP) is 3.05. The van der Waals surface area contributed by atoms with Crippen LogP contribution in [0, 0.1) is 0 Å². The van der Waals surface area contributed by atoms with Crippen LogP contribution in [0.1, 0.15) is 28.4 Å². The largest absolute Gasteiger partial charge is 0.348 e. The van der Waals surface area contributed by atoms with E-state index in [0.717, 1.165) is 31.7 Å². The molecule has 5 heteroatoms. The average Bonchev–Trinajstić information content (AvgIpc) is 3.23. The van der Waals surface area contributed by atoms with Gasteiger partial charge in [-0.3, -0.25) is 9.69 Å². The fourth-order valence-electron chi connectivity index (χ4n) is 3.66. The smallest absolute Gasteiger partial charge is 0.251 e. The molecule has 0 aliphatic carbocycles. The second kappa shape index (κ2) is 7.76. The summed E-state index contributed by atoms with van der Waals surface area (Å²) in [6.45, 7) is 4.89. The van der Waals surface area contributed by atoms with Crippen molar-refractivity contribution in [3.05, 3.63) is 83.7 Å².